The summed E-state index contributed by atoms with van der Waals surface area (Å²) in [4.78, 5) is 11.9. The summed E-state index contributed by atoms with van der Waals surface area (Å²) in [7, 11) is -3.61. The van der Waals surface area contributed by atoms with Gasteiger partial charge in [-0.3, -0.25) is 0 Å². The molecular weight excluding hydrogens is 338 g/mol. The van der Waals surface area contributed by atoms with Crippen LogP contribution in [-0.2, 0) is 21.3 Å². The molecule has 0 aromatic heterocycles. The third-order valence-electron chi connectivity index (χ3n) is 4.11. The molecule has 0 saturated heterocycles. The predicted octanol–water partition coefficient (Wildman–Crippen LogP) is 3.22. The van der Waals surface area contributed by atoms with Crippen LogP contribution in [0.2, 0.25) is 0 Å². The van der Waals surface area contributed by atoms with E-state index in [1.165, 1.54) is 24.3 Å². The zero-order chi connectivity index (χ0) is 17.9. The van der Waals surface area contributed by atoms with E-state index in [0.29, 0.717) is 12.1 Å². The van der Waals surface area contributed by atoms with Crippen LogP contribution in [0, 0.1) is 0 Å². The Kier molecular flexibility index (Phi) is 5.20. The minimum Gasteiger partial charge on any atom is -0.462 e. The standard InChI is InChI=1S/C19H21NO4S/c1-2-24-19(21)16-8-12-18(13-9-16)25(22,23)20(17-10-11-17)14-15-6-4-3-5-7-15/h3-9,12-13,17H,2,10-11,14H2,1H3. The van der Waals surface area contributed by atoms with Crippen LogP contribution in [0.5, 0.6) is 0 Å². The van der Waals surface area contributed by atoms with Crippen LogP contribution < -0.4 is 0 Å². The van der Waals surface area contributed by atoms with Gasteiger partial charge in [-0.2, -0.15) is 4.31 Å². The van der Waals surface area contributed by atoms with E-state index in [4.69, 9.17) is 4.74 Å². The summed E-state index contributed by atoms with van der Waals surface area (Å²) in [6.07, 6.45) is 1.76. The second kappa shape index (κ2) is 7.37. The normalized spacial score (nSPS) is 14.5. The quantitative estimate of drug-likeness (QED) is 0.712. The van der Waals surface area contributed by atoms with Crippen LogP contribution in [0.3, 0.4) is 0 Å². The molecule has 1 saturated carbocycles. The highest BCUT2D eigenvalue weighted by molar-refractivity contribution is 7.89. The van der Waals surface area contributed by atoms with E-state index in [9.17, 15) is 13.2 Å². The molecule has 132 valence electrons. The zero-order valence-electron chi connectivity index (χ0n) is 14.1. The maximum Gasteiger partial charge on any atom is 0.338 e. The molecule has 0 aliphatic heterocycles. The van der Waals surface area contributed by atoms with Gasteiger partial charge in [0, 0.05) is 12.6 Å². The number of nitrogens with zero attached hydrogens (tertiary/aromatic N) is 1. The van der Waals surface area contributed by atoms with Gasteiger partial charge in [-0.1, -0.05) is 30.3 Å². The molecule has 2 aromatic rings. The molecule has 6 heteroatoms. The van der Waals surface area contributed by atoms with Gasteiger partial charge in [0.15, 0.2) is 0 Å². The molecule has 1 aliphatic carbocycles. The molecule has 0 spiro atoms. The molecule has 0 radical (unpaired) electrons. The van der Waals surface area contributed by atoms with Crippen molar-refractivity contribution in [2.45, 2.75) is 37.2 Å². The summed E-state index contributed by atoms with van der Waals surface area (Å²) in [6, 6.07) is 15.6. The number of esters is 1. The second-order valence-corrected chi connectivity index (χ2v) is 7.90. The predicted molar refractivity (Wildman–Crippen MR) is 94.6 cm³/mol. The van der Waals surface area contributed by atoms with Crippen molar-refractivity contribution >= 4 is 16.0 Å². The smallest absolute Gasteiger partial charge is 0.338 e. The fourth-order valence-corrected chi connectivity index (χ4v) is 4.32. The Balaban J connectivity index is 1.84. The van der Waals surface area contributed by atoms with E-state index < -0.39 is 16.0 Å². The van der Waals surface area contributed by atoms with Crippen molar-refractivity contribution in [1.82, 2.24) is 4.31 Å². The van der Waals surface area contributed by atoms with E-state index >= 15 is 0 Å². The lowest BCUT2D eigenvalue weighted by Gasteiger charge is -2.22. The van der Waals surface area contributed by atoms with Crippen molar-refractivity contribution in [3.63, 3.8) is 0 Å². The highest BCUT2D eigenvalue weighted by atomic mass is 32.2. The van der Waals surface area contributed by atoms with Gasteiger partial charge in [0.25, 0.3) is 0 Å². The van der Waals surface area contributed by atoms with Crippen molar-refractivity contribution in [2.24, 2.45) is 0 Å². The average molecular weight is 359 g/mol. The molecule has 0 N–H and O–H groups in total. The summed E-state index contributed by atoms with van der Waals surface area (Å²) >= 11 is 0. The fraction of sp³-hybridized carbons (Fsp3) is 0.316. The number of rotatable bonds is 7. The number of hydrogen-bond acceptors (Lipinski definition) is 4. The summed E-state index contributed by atoms with van der Waals surface area (Å²) in [5.41, 5.74) is 1.31. The Morgan fingerprint density at radius 1 is 1.08 bits per heavy atom. The van der Waals surface area contributed by atoms with Gasteiger partial charge in [0.05, 0.1) is 17.1 Å². The summed E-state index contributed by atoms with van der Waals surface area (Å²) in [5.74, 6) is -0.449. The molecule has 3 rings (SSSR count). The first kappa shape index (κ1) is 17.6. The number of hydrogen-bond donors (Lipinski definition) is 0. The monoisotopic (exact) mass is 359 g/mol. The maximum atomic E-state index is 13.0. The van der Waals surface area contributed by atoms with Gasteiger partial charge < -0.3 is 4.74 Å². The first-order valence-electron chi connectivity index (χ1n) is 8.35. The SMILES string of the molecule is CCOC(=O)c1ccc(S(=O)(=O)N(Cc2ccccc2)C2CC2)cc1. The lowest BCUT2D eigenvalue weighted by Crippen LogP contribution is -2.32. The lowest BCUT2D eigenvalue weighted by atomic mass is 10.2. The van der Waals surface area contributed by atoms with Gasteiger partial charge in [0.1, 0.15) is 0 Å². The number of carbonyl (C=O) groups excluding carboxylic acids is 1. The van der Waals surface area contributed by atoms with Crippen molar-refractivity contribution in [2.75, 3.05) is 6.61 Å². The van der Waals surface area contributed by atoms with Gasteiger partial charge in [-0.25, -0.2) is 13.2 Å². The Bertz CT molecular complexity index is 827. The molecule has 2 aromatic carbocycles. The Morgan fingerprint density at radius 3 is 2.28 bits per heavy atom. The Hall–Kier alpha value is -2.18. The summed E-state index contributed by atoms with van der Waals surface area (Å²) < 4.78 is 32.6. The molecule has 0 amide bonds. The molecule has 0 bridgehead atoms. The molecule has 5 nitrogen and oxygen atoms in total. The average Bonchev–Trinajstić information content (AvgIpc) is 3.45. The first-order valence-corrected chi connectivity index (χ1v) is 9.79. The van der Waals surface area contributed by atoms with Gasteiger partial charge >= 0.3 is 5.97 Å². The Morgan fingerprint density at radius 2 is 1.72 bits per heavy atom. The largest absolute Gasteiger partial charge is 0.462 e. The fourth-order valence-electron chi connectivity index (χ4n) is 2.65. The van der Waals surface area contributed by atoms with Gasteiger partial charge in [-0.05, 0) is 49.6 Å². The molecule has 25 heavy (non-hydrogen) atoms. The van der Waals surface area contributed by atoms with Crippen molar-refractivity contribution in [3.05, 3.63) is 65.7 Å². The molecule has 0 atom stereocenters. The van der Waals surface area contributed by atoms with E-state index in [-0.39, 0.29) is 17.5 Å². The second-order valence-electron chi connectivity index (χ2n) is 6.01. The third kappa shape index (κ3) is 4.08. The van der Waals surface area contributed by atoms with Crippen LogP contribution in [0.25, 0.3) is 0 Å². The maximum absolute atomic E-state index is 13.0. The van der Waals surface area contributed by atoms with Crippen molar-refractivity contribution < 1.29 is 17.9 Å². The molecule has 0 unspecified atom stereocenters. The van der Waals surface area contributed by atoms with Crippen LogP contribution >= 0.6 is 0 Å². The third-order valence-corrected chi connectivity index (χ3v) is 6.02. The van der Waals surface area contributed by atoms with E-state index in [1.807, 2.05) is 30.3 Å². The lowest BCUT2D eigenvalue weighted by molar-refractivity contribution is 0.0526. The zero-order valence-corrected chi connectivity index (χ0v) is 14.9. The van der Waals surface area contributed by atoms with Crippen molar-refractivity contribution in [3.8, 4) is 0 Å². The van der Waals surface area contributed by atoms with E-state index in [2.05, 4.69) is 0 Å². The highest BCUT2D eigenvalue weighted by Gasteiger charge is 2.38. The molecule has 1 aliphatic rings. The van der Waals surface area contributed by atoms with Crippen LogP contribution in [0.15, 0.2) is 59.5 Å². The molecule has 0 heterocycles. The molecule has 1 fully saturated rings. The summed E-state index contributed by atoms with van der Waals surface area (Å²) in [5, 5.41) is 0. The van der Waals surface area contributed by atoms with E-state index in [0.717, 1.165) is 18.4 Å². The van der Waals surface area contributed by atoms with E-state index in [1.54, 1.807) is 11.2 Å². The van der Waals surface area contributed by atoms with Crippen LogP contribution in [0.1, 0.15) is 35.7 Å². The minimum atomic E-state index is -3.61. The van der Waals surface area contributed by atoms with Crippen LogP contribution in [0.4, 0.5) is 0 Å². The highest BCUT2D eigenvalue weighted by Crippen LogP contribution is 2.33. The minimum absolute atomic E-state index is 0.0509. The Labute approximate surface area is 148 Å². The van der Waals surface area contributed by atoms with Gasteiger partial charge in [0.2, 0.25) is 10.0 Å². The number of carbonyl (C=O) groups is 1. The topological polar surface area (TPSA) is 63.7 Å². The summed E-state index contributed by atoms with van der Waals surface area (Å²) in [6.45, 7) is 2.37. The number of sulfonamides is 1. The van der Waals surface area contributed by atoms with Crippen LogP contribution in [-0.4, -0.2) is 31.3 Å². The van der Waals surface area contributed by atoms with Gasteiger partial charge in [-0.15, -0.1) is 0 Å². The molecular formula is C19H21NO4S. The van der Waals surface area contributed by atoms with Crippen molar-refractivity contribution in [1.29, 1.82) is 0 Å². The number of ether oxygens (including phenoxy) is 1. The first-order chi connectivity index (χ1) is 12.0. The number of benzene rings is 2.